The first-order valence-electron chi connectivity index (χ1n) is 4.13. The third kappa shape index (κ3) is 2.30. The zero-order valence-electron chi connectivity index (χ0n) is 7.71. The van der Waals surface area contributed by atoms with Crippen LogP contribution in [0.15, 0.2) is 6.20 Å². The fraction of sp³-hybridized carbons (Fsp3) is 0.444. The van der Waals surface area contributed by atoms with Gasteiger partial charge in [-0.15, -0.1) is 0 Å². The van der Waals surface area contributed by atoms with Crippen LogP contribution < -0.4 is 5.73 Å². The van der Waals surface area contributed by atoms with E-state index in [2.05, 4.69) is 16.9 Å². The second-order valence-corrected chi connectivity index (χ2v) is 2.72. The molecule has 3 nitrogen and oxygen atoms in total. The van der Waals surface area contributed by atoms with E-state index in [1.165, 1.54) is 10.9 Å². The van der Waals surface area contributed by atoms with Crippen LogP contribution in [0.25, 0.3) is 0 Å². The van der Waals surface area contributed by atoms with Crippen molar-refractivity contribution in [3.8, 4) is 11.8 Å². The van der Waals surface area contributed by atoms with Gasteiger partial charge >= 0.3 is 0 Å². The summed E-state index contributed by atoms with van der Waals surface area (Å²) in [5.74, 6) is 4.92. The van der Waals surface area contributed by atoms with Crippen molar-refractivity contribution < 1.29 is 4.39 Å². The van der Waals surface area contributed by atoms with Gasteiger partial charge in [0.15, 0.2) is 0 Å². The van der Waals surface area contributed by atoms with Gasteiger partial charge in [0.1, 0.15) is 0 Å². The Bertz CT molecular complexity index is 343. The number of halogens is 1. The molecule has 0 saturated heterocycles. The van der Waals surface area contributed by atoms with Gasteiger partial charge in [0.05, 0.1) is 17.8 Å². The second kappa shape index (κ2) is 4.06. The quantitative estimate of drug-likeness (QED) is 0.649. The Kier molecular flexibility index (Phi) is 3.04. The Labute approximate surface area is 76.7 Å². The topological polar surface area (TPSA) is 43.8 Å². The maximum Gasteiger partial charge on any atom is 0.227 e. The van der Waals surface area contributed by atoms with Crippen LogP contribution in [0.5, 0.6) is 0 Å². The van der Waals surface area contributed by atoms with Crippen molar-refractivity contribution in [2.75, 3.05) is 0 Å². The molecule has 1 aromatic rings. The van der Waals surface area contributed by atoms with E-state index in [0.717, 1.165) is 0 Å². The van der Waals surface area contributed by atoms with Gasteiger partial charge in [-0.2, -0.15) is 9.49 Å². The number of nitrogens with two attached hydrogens (primary N) is 1. The summed E-state index contributed by atoms with van der Waals surface area (Å²) in [6, 6.07) is -0.246. The van der Waals surface area contributed by atoms with Gasteiger partial charge in [0, 0.05) is 6.54 Å². The number of aromatic nitrogens is 2. The van der Waals surface area contributed by atoms with Gasteiger partial charge in [-0.1, -0.05) is 11.8 Å². The lowest BCUT2D eigenvalue weighted by Gasteiger charge is -1.93. The van der Waals surface area contributed by atoms with E-state index in [4.69, 9.17) is 5.73 Å². The third-order valence-corrected chi connectivity index (χ3v) is 1.51. The molecule has 0 aliphatic heterocycles. The fourth-order valence-corrected chi connectivity index (χ4v) is 0.866. The van der Waals surface area contributed by atoms with Crippen molar-refractivity contribution in [2.45, 2.75) is 26.4 Å². The van der Waals surface area contributed by atoms with E-state index in [1.54, 1.807) is 6.92 Å². The molecule has 70 valence electrons. The zero-order valence-corrected chi connectivity index (χ0v) is 7.71. The molecular formula is C9H12FN3. The molecule has 0 fully saturated rings. The maximum absolute atomic E-state index is 13.2. The first kappa shape index (κ1) is 9.75. The highest BCUT2D eigenvalue weighted by Crippen LogP contribution is 2.03. The van der Waals surface area contributed by atoms with E-state index >= 15 is 0 Å². The number of hydrogen-bond donors (Lipinski definition) is 1. The van der Waals surface area contributed by atoms with Gasteiger partial charge in [0.2, 0.25) is 5.95 Å². The monoisotopic (exact) mass is 181 g/mol. The predicted molar refractivity (Wildman–Crippen MR) is 48.4 cm³/mol. The number of hydrogen-bond acceptors (Lipinski definition) is 2. The molecule has 1 aromatic heterocycles. The molecule has 0 aliphatic rings. The molecule has 0 aromatic carbocycles. The third-order valence-electron chi connectivity index (χ3n) is 1.51. The van der Waals surface area contributed by atoms with Crippen LogP contribution in [0, 0.1) is 17.8 Å². The highest BCUT2D eigenvalue weighted by atomic mass is 19.1. The molecule has 2 N–H and O–H groups in total. The van der Waals surface area contributed by atoms with Crippen molar-refractivity contribution in [1.29, 1.82) is 0 Å². The van der Waals surface area contributed by atoms with Crippen LogP contribution in [0.3, 0.4) is 0 Å². The molecule has 1 atom stereocenters. The summed E-state index contributed by atoms with van der Waals surface area (Å²) < 4.78 is 14.5. The Morgan fingerprint density at radius 3 is 2.92 bits per heavy atom. The minimum Gasteiger partial charge on any atom is -0.318 e. The molecule has 4 heteroatoms. The van der Waals surface area contributed by atoms with Crippen LogP contribution in [-0.4, -0.2) is 15.8 Å². The molecule has 0 bridgehead atoms. The summed E-state index contributed by atoms with van der Waals surface area (Å²) in [4.78, 5) is 0. The highest BCUT2D eigenvalue weighted by molar-refractivity contribution is 5.32. The van der Waals surface area contributed by atoms with Crippen molar-refractivity contribution in [1.82, 2.24) is 9.78 Å². The lowest BCUT2D eigenvalue weighted by molar-refractivity contribution is 0.469. The van der Waals surface area contributed by atoms with Crippen LogP contribution in [0.2, 0.25) is 0 Å². The van der Waals surface area contributed by atoms with Crippen molar-refractivity contribution in [3.63, 3.8) is 0 Å². The molecule has 1 rings (SSSR count). The normalized spacial score (nSPS) is 12.0. The summed E-state index contributed by atoms with van der Waals surface area (Å²) in [7, 11) is 0. The average Bonchev–Trinajstić information content (AvgIpc) is 2.43. The number of rotatable bonds is 1. The molecule has 0 saturated carbocycles. The average molecular weight is 181 g/mol. The molecule has 0 spiro atoms. The Hall–Kier alpha value is -1.34. The lowest BCUT2D eigenvalue weighted by Crippen LogP contribution is -2.11. The van der Waals surface area contributed by atoms with Crippen LogP contribution in [0.4, 0.5) is 4.39 Å². The van der Waals surface area contributed by atoms with E-state index in [-0.39, 0.29) is 6.04 Å². The highest BCUT2D eigenvalue weighted by Gasteiger charge is 2.05. The van der Waals surface area contributed by atoms with Crippen LogP contribution >= 0.6 is 0 Å². The van der Waals surface area contributed by atoms with E-state index in [0.29, 0.717) is 12.1 Å². The lowest BCUT2D eigenvalue weighted by atomic mass is 10.3. The van der Waals surface area contributed by atoms with Crippen molar-refractivity contribution in [3.05, 3.63) is 17.7 Å². The Morgan fingerprint density at radius 2 is 2.46 bits per heavy atom. The molecule has 13 heavy (non-hydrogen) atoms. The predicted octanol–water partition coefficient (Wildman–Crippen LogP) is 0.741. The molecular weight excluding hydrogens is 169 g/mol. The van der Waals surface area contributed by atoms with E-state index < -0.39 is 5.95 Å². The minimum atomic E-state index is -0.393. The van der Waals surface area contributed by atoms with Gasteiger partial charge in [0.25, 0.3) is 0 Å². The molecule has 0 amide bonds. The van der Waals surface area contributed by atoms with Crippen molar-refractivity contribution >= 4 is 0 Å². The van der Waals surface area contributed by atoms with Gasteiger partial charge < -0.3 is 5.73 Å². The number of nitrogens with zero attached hydrogens (tertiary/aromatic N) is 2. The summed E-state index contributed by atoms with van der Waals surface area (Å²) in [6.45, 7) is 4.07. The Balaban J connectivity index is 2.92. The second-order valence-electron chi connectivity index (χ2n) is 2.72. The van der Waals surface area contributed by atoms with Gasteiger partial charge in [-0.3, -0.25) is 0 Å². The summed E-state index contributed by atoms with van der Waals surface area (Å²) >= 11 is 0. The molecule has 1 heterocycles. The summed E-state index contributed by atoms with van der Waals surface area (Å²) in [5, 5.41) is 3.81. The van der Waals surface area contributed by atoms with Crippen molar-refractivity contribution in [2.24, 2.45) is 5.73 Å². The molecule has 1 unspecified atom stereocenters. The number of aryl methyl sites for hydroxylation is 1. The Morgan fingerprint density at radius 1 is 1.77 bits per heavy atom. The summed E-state index contributed by atoms with van der Waals surface area (Å²) in [6.07, 6.45) is 1.41. The smallest absolute Gasteiger partial charge is 0.227 e. The summed E-state index contributed by atoms with van der Waals surface area (Å²) in [5.41, 5.74) is 5.71. The van der Waals surface area contributed by atoms with Gasteiger partial charge in [-0.05, 0) is 13.8 Å². The zero-order chi connectivity index (χ0) is 9.84. The van der Waals surface area contributed by atoms with Crippen LogP contribution in [0.1, 0.15) is 19.4 Å². The molecule has 0 aliphatic carbocycles. The SMILES string of the molecule is CCn1ncc(C#CC(C)N)c1F. The van der Waals surface area contributed by atoms with E-state index in [9.17, 15) is 4.39 Å². The van der Waals surface area contributed by atoms with Crippen LogP contribution in [-0.2, 0) is 6.54 Å². The maximum atomic E-state index is 13.2. The van der Waals surface area contributed by atoms with E-state index in [1.807, 2.05) is 6.92 Å². The largest absolute Gasteiger partial charge is 0.318 e. The first-order valence-corrected chi connectivity index (χ1v) is 4.13. The standard InChI is InChI=1S/C9H12FN3/c1-3-13-9(10)8(6-12-13)5-4-7(2)11/h6-7H,3,11H2,1-2H3. The first-order chi connectivity index (χ1) is 6.15. The fourth-order valence-electron chi connectivity index (χ4n) is 0.866. The molecule has 0 radical (unpaired) electrons. The van der Waals surface area contributed by atoms with Gasteiger partial charge in [-0.25, -0.2) is 4.68 Å². The minimum absolute atomic E-state index is 0.246.